The van der Waals surface area contributed by atoms with Crippen LogP contribution >= 0.6 is 0 Å². The number of methoxy groups -OCH3 is 3. The number of ether oxygens (including phenoxy) is 6. The molecule has 7 heteroatoms. The second-order valence-corrected chi connectivity index (χ2v) is 7.46. The normalized spacial score (nSPS) is 27.1. The summed E-state index contributed by atoms with van der Waals surface area (Å²) in [6.07, 6.45) is 4.89. The molecule has 0 amide bonds. The second kappa shape index (κ2) is 7.65. The third kappa shape index (κ3) is 3.02. The highest BCUT2D eigenvalue weighted by Gasteiger charge is 2.57. The molecule has 1 spiro atoms. The van der Waals surface area contributed by atoms with E-state index in [0.717, 1.165) is 23.6 Å². The van der Waals surface area contributed by atoms with Crippen molar-refractivity contribution in [2.24, 2.45) is 0 Å². The first kappa shape index (κ1) is 19.7. The Labute approximate surface area is 165 Å². The van der Waals surface area contributed by atoms with Crippen LogP contribution in [0.2, 0.25) is 0 Å². The molecule has 1 unspecified atom stereocenters. The molecule has 0 radical (unpaired) electrons. The Balaban J connectivity index is 1.86. The minimum absolute atomic E-state index is 0.176. The fourth-order valence-corrected chi connectivity index (χ4v) is 4.68. The highest BCUT2D eigenvalue weighted by atomic mass is 16.7. The first-order valence-electron chi connectivity index (χ1n) is 9.67. The molecule has 3 aliphatic rings. The summed E-state index contributed by atoms with van der Waals surface area (Å²) in [5, 5.41) is 3.26. The predicted octanol–water partition coefficient (Wildman–Crippen LogP) is 2.13. The smallest absolute Gasteiger partial charge is 0.191 e. The van der Waals surface area contributed by atoms with Crippen LogP contribution in [0.15, 0.2) is 24.3 Å². The van der Waals surface area contributed by atoms with E-state index in [-0.39, 0.29) is 12.4 Å². The van der Waals surface area contributed by atoms with Gasteiger partial charge in [0.1, 0.15) is 6.10 Å². The van der Waals surface area contributed by atoms with Gasteiger partial charge in [0.15, 0.2) is 23.6 Å². The van der Waals surface area contributed by atoms with Gasteiger partial charge in [0.05, 0.1) is 25.7 Å². The van der Waals surface area contributed by atoms with Crippen molar-refractivity contribution in [2.45, 2.75) is 43.0 Å². The van der Waals surface area contributed by atoms with Gasteiger partial charge in [-0.1, -0.05) is 12.1 Å². The number of hydrogen-bond donors (Lipinski definition) is 1. The molecule has 1 N–H and O–H groups in total. The van der Waals surface area contributed by atoms with Crippen LogP contribution in [-0.4, -0.2) is 59.8 Å². The quantitative estimate of drug-likeness (QED) is 0.564. The lowest BCUT2D eigenvalue weighted by Crippen LogP contribution is -2.49. The molecule has 2 heterocycles. The summed E-state index contributed by atoms with van der Waals surface area (Å²) in [5.74, 6) is 0.791. The zero-order valence-electron chi connectivity index (χ0n) is 16.9. The van der Waals surface area contributed by atoms with Gasteiger partial charge in [-0.3, -0.25) is 0 Å². The van der Waals surface area contributed by atoms with E-state index in [1.165, 1.54) is 5.56 Å². The summed E-state index contributed by atoms with van der Waals surface area (Å²) in [6.45, 7) is 1.90. The molecule has 2 atom stereocenters. The van der Waals surface area contributed by atoms with Gasteiger partial charge in [-0.05, 0) is 24.8 Å². The SMILES string of the molecule is CNCc1ccc(OC)c2c1[C@]1(CC(OC)OC)C=CC3(CC1O2)OCCO3. The second-order valence-electron chi connectivity index (χ2n) is 7.46. The fourth-order valence-electron chi connectivity index (χ4n) is 4.68. The van der Waals surface area contributed by atoms with Crippen LogP contribution < -0.4 is 14.8 Å². The Kier molecular flexibility index (Phi) is 5.37. The first-order valence-corrected chi connectivity index (χ1v) is 9.67. The van der Waals surface area contributed by atoms with Gasteiger partial charge >= 0.3 is 0 Å². The van der Waals surface area contributed by atoms with Crippen molar-refractivity contribution in [3.63, 3.8) is 0 Å². The van der Waals surface area contributed by atoms with Crippen molar-refractivity contribution < 1.29 is 28.4 Å². The summed E-state index contributed by atoms with van der Waals surface area (Å²) in [7, 11) is 6.93. The summed E-state index contributed by atoms with van der Waals surface area (Å²) in [5.41, 5.74) is 1.86. The fraction of sp³-hybridized carbons (Fsp3) is 0.619. The Hall–Kier alpha value is -1.64. The molecule has 1 aromatic carbocycles. The number of fused-ring (bicyclic) bond motifs is 3. The molecule has 0 bridgehead atoms. The van der Waals surface area contributed by atoms with Crippen LogP contribution in [0.25, 0.3) is 0 Å². The van der Waals surface area contributed by atoms with Crippen molar-refractivity contribution in [1.29, 1.82) is 0 Å². The van der Waals surface area contributed by atoms with Gasteiger partial charge in [0.25, 0.3) is 0 Å². The number of nitrogens with one attached hydrogen (secondary N) is 1. The van der Waals surface area contributed by atoms with E-state index in [2.05, 4.69) is 17.5 Å². The van der Waals surface area contributed by atoms with Crippen LogP contribution in [0.1, 0.15) is 24.0 Å². The van der Waals surface area contributed by atoms with E-state index >= 15 is 0 Å². The molecule has 1 aliphatic carbocycles. The van der Waals surface area contributed by atoms with Gasteiger partial charge in [-0.25, -0.2) is 0 Å². The summed E-state index contributed by atoms with van der Waals surface area (Å²) in [6, 6.07) is 4.06. The largest absolute Gasteiger partial charge is 0.493 e. The Bertz CT molecular complexity index is 741. The van der Waals surface area contributed by atoms with E-state index in [4.69, 9.17) is 28.4 Å². The molecule has 28 heavy (non-hydrogen) atoms. The Morgan fingerprint density at radius 2 is 1.89 bits per heavy atom. The van der Waals surface area contributed by atoms with Gasteiger partial charge in [-0.2, -0.15) is 0 Å². The van der Waals surface area contributed by atoms with Gasteiger partial charge in [0.2, 0.25) is 0 Å². The average molecular weight is 391 g/mol. The molecule has 1 fully saturated rings. The van der Waals surface area contributed by atoms with Crippen LogP contribution in [-0.2, 0) is 30.9 Å². The molecule has 4 rings (SSSR count). The lowest BCUT2D eigenvalue weighted by Gasteiger charge is -2.41. The molecule has 0 aromatic heterocycles. The summed E-state index contributed by atoms with van der Waals surface area (Å²) in [4.78, 5) is 0. The van der Waals surface area contributed by atoms with E-state index in [9.17, 15) is 0 Å². The van der Waals surface area contributed by atoms with Crippen LogP contribution in [0.4, 0.5) is 0 Å². The maximum absolute atomic E-state index is 6.52. The molecule has 2 aliphatic heterocycles. The number of rotatable bonds is 7. The molecular weight excluding hydrogens is 362 g/mol. The van der Waals surface area contributed by atoms with E-state index < -0.39 is 11.2 Å². The third-order valence-electron chi connectivity index (χ3n) is 6.01. The first-order chi connectivity index (χ1) is 13.6. The lowest BCUT2D eigenvalue weighted by atomic mass is 9.67. The molecule has 0 saturated carbocycles. The lowest BCUT2D eigenvalue weighted by molar-refractivity contribution is -0.156. The predicted molar refractivity (Wildman–Crippen MR) is 103 cm³/mol. The Morgan fingerprint density at radius 1 is 1.14 bits per heavy atom. The van der Waals surface area contributed by atoms with Crippen molar-refractivity contribution in [2.75, 3.05) is 41.6 Å². The van der Waals surface area contributed by atoms with E-state index in [1.807, 2.05) is 19.2 Å². The molecule has 154 valence electrons. The van der Waals surface area contributed by atoms with Crippen molar-refractivity contribution >= 4 is 0 Å². The maximum atomic E-state index is 6.52. The van der Waals surface area contributed by atoms with Crippen LogP contribution in [0.3, 0.4) is 0 Å². The van der Waals surface area contributed by atoms with Crippen molar-refractivity contribution in [1.82, 2.24) is 5.32 Å². The average Bonchev–Trinajstić information content (AvgIpc) is 3.30. The Morgan fingerprint density at radius 3 is 2.54 bits per heavy atom. The van der Waals surface area contributed by atoms with Crippen LogP contribution in [0, 0.1) is 0 Å². The highest BCUT2D eigenvalue weighted by molar-refractivity contribution is 5.60. The molecule has 7 nitrogen and oxygen atoms in total. The maximum Gasteiger partial charge on any atom is 0.191 e. The standard InChI is InChI=1S/C21H29NO6/c1-22-13-14-5-6-15(23-2)19-18(14)20(12-17(24-3)25-4)7-8-21(11-16(20)28-19)26-9-10-27-21/h5-8,16-17,22H,9-13H2,1-4H3/t16?,20-/m0/s1. The molecule has 1 saturated heterocycles. The van der Waals surface area contributed by atoms with Gasteiger partial charge < -0.3 is 33.7 Å². The van der Waals surface area contributed by atoms with E-state index in [1.54, 1.807) is 21.3 Å². The minimum Gasteiger partial charge on any atom is -0.493 e. The molecule has 1 aromatic rings. The van der Waals surface area contributed by atoms with Crippen LogP contribution in [0.5, 0.6) is 11.5 Å². The van der Waals surface area contributed by atoms with Crippen molar-refractivity contribution in [3.05, 3.63) is 35.4 Å². The monoisotopic (exact) mass is 391 g/mol. The van der Waals surface area contributed by atoms with E-state index in [0.29, 0.717) is 26.1 Å². The zero-order chi connectivity index (χ0) is 19.8. The zero-order valence-corrected chi connectivity index (χ0v) is 16.9. The topological polar surface area (TPSA) is 67.4 Å². The molecular formula is C21H29NO6. The third-order valence-corrected chi connectivity index (χ3v) is 6.01. The van der Waals surface area contributed by atoms with Gasteiger partial charge in [0, 0.05) is 39.2 Å². The van der Waals surface area contributed by atoms with Crippen molar-refractivity contribution in [3.8, 4) is 11.5 Å². The summed E-state index contributed by atoms with van der Waals surface area (Å²) >= 11 is 0. The highest BCUT2D eigenvalue weighted by Crippen LogP contribution is 2.57. The number of hydrogen-bond acceptors (Lipinski definition) is 7. The summed E-state index contributed by atoms with van der Waals surface area (Å²) < 4.78 is 35.2. The number of benzene rings is 1. The minimum atomic E-state index is -0.720. The van der Waals surface area contributed by atoms with Gasteiger partial charge in [-0.15, -0.1) is 0 Å².